The summed E-state index contributed by atoms with van der Waals surface area (Å²) in [5.74, 6) is 1.83. The monoisotopic (exact) mass is 367 g/mol. The first-order chi connectivity index (χ1) is 13.0. The Balaban J connectivity index is 1.47. The Labute approximate surface area is 159 Å². The number of hydrogen-bond acceptors (Lipinski definition) is 5. The number of aryl methyl sites for hydroxylation is 2. The fraction of sp³-hybridized carbons (Fsp3) is 0.409. The molecule has 2 aromatic carbocycles. The summed E-state index contributed by atoms with van der Waals surface area (Å²) in [6.45, 7) is 6.49. The van der Waals surface area contributed by atoms with Gasteiger partial charge >= 0.3 is 0 Å². The average Bonchev–Trinajstić information content (AvgIpc) is 3.13. The molecule has 2 aromatic rings. The Hall–Kier alpha value is -2.53. The van der Waals surface area contributed by atoms with Gasteiger partial charge in [0.2, 0.25) is 6.79 Å². The first-order valence-electron chi connectivity index (χ1n) is 9.46. The van der Waals surface area contributed by atoms with Crippen LogP contribution in [-0.2, 0) is 6.54 Å². The highest BCUT2D eigenvalue weighted by atomic mass is 16.7. The molecule has 2 aliphatic heterocycles. The zero-order valence-electron chi connectivity index (χ0n) is 15.8. The Morgan fingerprint density at radius 1 is 1.19 bits per heavy atom. The molecule has 0 amide bonds. The number of phenolic OH excluding ortho intramolecular Hbond substituents is 1. The van der Waals surface area contributed by atoms with E-state index >= 15 is 0 Å². The molecule has 0 bridgehead atoms. The molecule has 142 valence electrons. The second kappa shape index (κ2) is 7.24. The number of aromatic hydroxyl groups is 1. The summed E-state index contributed by atoms with van der Waals surface area (Å²) >= 11 is 0. The number of likely N-dealkylation sites (tertiary alicyclic amines) is 1. The molecule has 1 saturated heterocycles. The normalized spacial score (nSPS) is 19.3. The number of Topliss-reactive ketones (excluding diaryl/α,β-unsaturated/α-hetero) is 1. The van der Waals surface area contributed by atoms with Crippen molar-refractivity contribution in [3.63, 3.8) is 0 Å². The Morgan fingerprint density at radius 2 is 2.00 bits per heavy atom. The summed E-state index contributed by atoms with van der Waals surface area (Å²) < 4.78 is 10.7. The first-order valence-corrected chi connectivity index (χ1v) is 9.46. The van der Waals surface area contributed by atoms with Crippen LogP contribution < -0.4 is 9.47 Å². The molecule has 1 atom stereocenters. The van der Waals surface area contributed by atoms with Gasteiger partial charge in [0.1, 0.15) is 5.75 Å². The summed E-state index contributed by atoms with van der Waals surface area (Å²) in [5.41, 5.74) is 3.66. The van der Waals surface area contributed by atoms with E-state index in [2.05, 4.69) is 4.90 Å². The number of phenols is 1. The van der Waals surface area contributed by atoms with Gasteiger partial charge < -0.3 is 14.6 Å². The second-order valence-corrected chi connectivity index (χ2v) is 7.60. The minimum atomic E-state index is -0.0350. The van der Waals surface area contributed by atoms with E-state index in [-0.39, 0.29) is 18.5 Å². The zero-order chi connectivity index (χ0) is 19.0. The van der Waals surface area contributed by atoms with E-state index in [9.17, 15) is 9.90 Å². The molecule has 5 heteroatoms. The quantitative estimate of drug-likeness (QED) is 0.832. The lowest BCUT2D eigenvalue weighted by Crippen LogP contribution is -2.38. The summed E-state index contributed by atoms with van der Waals surface area (Å²) in [4.78, 5) is 15.3. The van der Waals surface area contributed by atoms with Crippen LogP contribution in [0.15, 0.2) is 30.3 Å². The van der Waals surface area contributed by atoms with Crippen LogP contribution in [-0.4, -0.2) is 35.7 Å². The Morgan fingerprint density at radius 3 is 2.85 bits per heavy atom. The predicted molar refractivity (Wildman–Crippen MR) is 102 cm³/mol. The Bertz CT molecular complexity index is 877. The number of benzene rings is 2. The third-order valence-corrected chi connectivity index (χ3v) is 5.45. The predicted octanol–water partition coefficient (Wildman–Crippen LogP) is 3.83. The van der Waals surface area contributed by atoms with Crippen LogP contribution in [0.1, 0.15) is 39.9 Å². The fourth-order valence-corrected chi connectivity index (χ4v) is 4.11. The molecule has 0 saturated carbocycles. The van der Waals surface area contributed by atoms with Gasteiger partial charge in [0.15, 0.2) is 17.3 Å². The number of nitrogens with zero attached hydrogens (tertiary/aromatic N) is 1. The van der Waals surface area contributed by atoms with Crippen molar-refractivity contribution in [2.45, 2.75) is 33.2 Å². The van der Waals surface area contributed by atoms with Crippen LogP contribution in [0.2, 0.25) is 0 Å². The van der Waals surface area contributed by atoms with E-state index in [1.54, 1.807) is 6.07 Å². The van der Waals surface area contributed by atoms with E-state index in [1.165, 1.54) is 0 Å². The number of fused-ring (bicyclic) bond motifs is 1. The van der Waals surface area contributed by atoms with Crippen molar-refractivity contribution in [2.75, 3.05) is 19.9 Å². The van der Waals surface area contributed by atoms with Gasteiger partial charge in [0.05, 0.1) is 0 Å². The summed E-state index contributed by atoms with van der Waals surface area (Å²) in [7, 11) is 0. The number of rotatable bonds is 4. The Kier molecular flexibility index (Phi) is 4.79. The number of carbonyl (C=O) groups excluding carboxylic acids is 1. The molecule has 0 aromatic heterocycles. The van der Waals surface area contributed by atoms with Gasteiger partial charge in [-0.1, -0.05) is 17.7 Å². The topological polar surface area (TPSA) is 59.0 Å². The van der Waals surface area contributed by atoms with E-state index in [4.69, 9.17) is 9.47 Å². The molecule has 1 N–H and O–H groups in total. The fourth-order valence-electron chi connectivity index (χ4n) is 4.11. The van der Waals surface area contributed by atoms with E-state index in [1.807, 2.05) is 38.1 Å². The molecule has 0 aliphatic carbocycles. The first kappa shape index (κ1) is 17.9. The van der Waals surface area contributed by atoms with Crippen molar-refractivity contribution in [1.29, 1.82) is 0 Å². The van der Waals surface area contributed by atoms with Crippen molar-refractivity contribution >= 4 is 5.78 Å². The highest BCUT2D eigenvalue weighted by Gasteiger charge is 2.28. The largest absolute Gasteiger partial charge is 0.507 e. The molecule has 1 fully saturated rings. The summed E-state index contributed by atoms with van der Waals surface area (Å²) in [6.07, 6.45) is 1.87. The molecule has 2 heterocycles. The van der Waals surface area contributed by atoms with Crippen molar-refractivity contribution in [3.05, 3.63) is 52.6 Å². The van der Waals surface area contributed by atoms with Crippen LogP contribution >= 0.6 is 0 Å². The van der Waals surface area contributed by atoms with Gasteiger partial charge in [0, 0.05) is 30.1 Å². The third-order valence-electron chi connectivity index (χ3n) is 5.45. The number of piperidine rings is 1. The summed E-state index contributed by atoms with van der Waals surface area (Å²) in [5, 5.41) is 10.4. The highest BCUT2D eigenvalue weighted by Crippen LogP contribution is 2.34. The number of carbonyl (C=O) groups is 1. The number of hydrogen-bond donors (Lipinski definition) is 1. The van der Waals surface area contributed by atoms with E-state index < -0.39 is 0 Å². The molecule has 0 unspecified atom stereocenters. The third kappa shape index (κ3) is 3.65. The highest BCUT2D eigenvalue weighted by molar-refractivity contribution is 5.98. The van der Waals surface area contributed by atoms with Gasteiger partial charge in [-0.3, -0.25) is 9.69 Å². The van der Waals surface area contributed by atoms with Crippen molar-refractivity contribution in [2.24, 2.45) is 5.92 Å². The van der Waals surface area contributed by atoms with Crippen molar-refractivity contribution < 1.29 is 19.4 Å². The van der Waals surface area contributed by atoms with E-state index in [0.717, 1.165) is 36.1 Å². The molecule has 2 aliphatic rings. The molecular weight excluding hydrogens is 342 g/mol. The molecule has 5 nitrogen and oxygen atoms in total. The zero-order valence-corrected chi connectivity index (χ0v) is 15.8. The van der Waals surface area contributed by atoms with Crippen LogP contribution in [0.4, 0.5) is 0 Å². The smallest absolute Gasteiger partial charge is 0.231 e. The van der Waals surface area contributed by atoms with Gasteiger partial charge in [-0.2, -0.15) is 0 Å². The SMILES string of the molecule is Cc1cc(C)c(O)c(CN2CCC[C@H](C(=O)c3ccc4c(c3)OCO4)C2)c1. The maximum atomic E-state index is 13.0. The van der Waals surface area contributed by atoms with Crippen molar-refractivity contribution in [3.8, 4) is 17.2 Å². The molecule has 4 rings (SSSR count). The number of ether oxygens (including phenoxy) is 2. The summed E-state index contributed by atoms with van der Waals surface area (Å²) in [6, 6.07) is 9.44. The van der Waals surface area contributed by atoms with Crippen LogP contribution in [0.3, 0.4) is 0 Å². The van der Waals surface area contributed by atoms with Crippen LogP contribution in [0, 0.1) is 19.8 Å². The lowest BCUT2D eigenvalue weighted by molar-refractivity contribution is 0.0810. The second-order valence-electron chi connectivity index (χ2n) is 7.60. The minimum absolute atomic E-state index is 0.0350. The van der Waals surface area contributed by atoms with Crippen molar-refractivity contribution in [1.82, 2.24) is 4.90 Å². The van der Waals surface area contributed by atoms with Crippen LogP contribution in [0.5, 0.6) is 17.2 Å². The maximum absolute atomic E-state index is 13.0. The average molecular weight is 367 g/mol. The number of ketones is 1. The van der Waals surface area contributed by atoms with Gasteiger partial charge in [0.25, 0.3) is 0 Å². The molecule has 0 radical (unpaired) electrons. The molecular formula is C22H25NO4. The standard InChI is InChI=1S/C22H25NO4/c1-14-8-15(2)21(24)18(9-14)12-23-7-3-4-17(11-23)22(25)16-5-6-19-20(10-16)27-13-26-19/h5-6,8-10,17,24H,3-4,7,11-13H2,1-2H3/t17-/m0/s1. The molecule has 0 spiro atoms. The van der Waals surface area contributed by atoms with Gasteiger partial charge in [-0.05, 0) is 57.0 Å². The van der Waals surface area contributed by atoms with Crippen LogP contribution in [0.25, 0.3) is 0 Å². The molecule has 27 heavy (non-hydrogen) atoms. The lowest BCUT2D eigenvalue weighted by Gasteiger charge is -2.32. The van der Waals surface area contributed by atoms with Gasteiger partial charge in [-0.25, -0.2) is 0 Å². The van der Waals surface area contributed by atoms with Gasteiger partial charge in [-0.15, -0.1) is 0 Å². The lowest BCUT2D eigenvalue weighted by atomic mass is 9.89. The maximum Gasteiger partial charge on any atom is 0.231 e. The van der Waals surface area contributed by atoms with E-state index in [0.29, 0.717) is 35.9 Å². The minimum Gasteiger partial charge on any atom is -0.507 e.